The lowest BCUT2D eigenvalue weighted by Gasteiger charge is -2.02. The Kier molecular flexibility index (Phi) is 5.99. The highest BCUT2D eigenvalue weighted by Crippen LogP contribution is 2.18. The van der Waals surface area contributed by atoms with Crippen LogP contribution in [0.3, 0.4) is 0 Å². The maximum atomic E-state index is 12.3. The fourth-order valence-corrected chi connectivity index (χ4v) is 3.57. The zero-order valence-electron chi connectivity index (χ0n) is 16.5. The van der Waals surface area contributed by atoms with Gasteiger partial charge < -0.3 is 9.72 Å². The smallest absolute Gasteiger partial charge is 0.257 e. The molecule has 0 unspecified atom stereocenters. The summed E-state index contributed by atoms with van der Waals surface area (Å²) in [6.45, 7) is 0. The average molecular weight is 434 g/mol. The van der Waals surface area contributed by atoms with Gasteiger partial charge in [-0.25, -0.2) is 5.43 Å². The summed E-state index contributed by atoms with van der Waals surface area (Å²) < 4.78 is 5.07. The minimum absolute atomic E-state index is 0.00129. The number of nitrogens with one attached hydrogen (secondary N) is 3. The molecule has 2 amide bonds. The standard InChI is InChI=1S/C21H18N6O3S/c1-30-15-8-6-13(7-9-15)20(29)24-21-27-26-19(31-21)10-18(28)25-23-12-14-11-22-17-5-3-2-4-16(14)17/h2-9,11-12,22H,10H2,1H3,(H,25,28)(H,24,27,29). The molecule has 0 atom stereocenters. The van der Waals surface area contributed by atoms with Crippen LogP contribution in [0.15, 0.2) is 59.8 Å². The molecule has 0 saturated heterocycles. The lowest BCUT2D eigenvalue weighted by molar-refractivity contribution is -0.120. The van der Waals surface area contributed by atoms with E-state index in [1.165, 1.54) is 0 Å². The fraction of sp³-hybridized carbons (Fsp3) is 0.0952. The molecule has 9 nitrogen and oxygen atoms in total. The van der Waals surface area contributed by atoms with Crippen molar-refractivity contribution in [2.24, 2.45) is 5.10 Å². The molecule has 0 aliphatic rings. The summed E-state index contributed by atoms with van der Waals surface area (Å²) >= 11 is 1.13. The zero-order valence-corrected chi connectivity index (χ0v) is 17.3. The largest absolute Gasteiger partial charge is 0.497 e. The fourth-order valence-electron chi connectivity index (χ4n) is 2.84. The number of carbonyl (C=O) groups is 2. The number of aromatic nitrogens is 3. The quantitative estimate of drug-likeness (QED) is 0.305. The number of methoxy groups -OCH3 is 1. The Balaban J connectivity index is 1.30. The van der Waals surface area contributed by atoms with Gasteiger partial charge >= 0.3 is 0 Å². The summed E-state index contributed by atoms with van der Waals surface area (Å²) in [4.78, 5) is 27.5. The second-order valence-electron chi connectivity index (χ2n) is 6.44. The first-order chi connectivity index (χ1) is 15.1. The van der Waals surface area contributed by atoms with Gasteiger partial charge in [0.15, 0.2) is 0 Å². The molecule has 156 valence electrons. The minimum atomic E-state index is -0.333. The van der Waals surface area contributed by atoms with E-state index in [-0.39, 0.29) is 18.2 Å². The first-order valence-electron chi connectivity index (χ1n) is 9.28. The van der Waals surface area contributed by atoms with E-state index in [4.69, 9.17) is 4.74 Å². The van der Waals surface area contributed by atoms with Crippen LogP contribution >= 0.6 is 11.3 Å². The molecular weight excluding hydrogens is 416 g/mol. The van der Waals surface area contributed by atoms with Crippen molar-refractivity contribution in [2.75, 3.05) is 12.4 Å². The summed E-state index contributed by atoms with van der Waals surface area (Å²) in [6.07, 6.45) is 3.40. The molecule has 0 aliphatic carbocycles. The Labute approximate surface area is 181 Å². The maximum absolute atomic E-state index is 12.3. The van der Waals surface area contributed by atoms with E-state index in [1.807, 2.05) is 30.5 Å². The molecule has 2 heterocycles. The molecule has 0 spiro atoms. The second-order valence-corrected chi connectivity index (χ2v) is 7.51. The van der Waals surface area contributed by atoms with Crippen LogP contribution in [0.5, 0.6) is 5.75 Å². The third-order valence-electron chi connectivity index (χ3n) is 4.37. The van der Waals surface area contributed by atoms with E-state index in [2.05, 4.69) is 31.0 Å². The molecule has 4 rings (SSSR count). The molecule has 0 saturated carbocycles. The summed E-state index contributed by atoms with van der Waals surface area (Å²) in [5.41, 5.74) is 4.80. The Morgan fingerprint density at radius 2 is 1.97 bits per heavy atom. The van der Waals surface area contributed by atoms with Crippen LogP contribution in [0.2, 0.25) is 0 Å². The third-order valence-corrected chi connectivity index (χ3v) is 5.20. The van der Waals surface area contributed by atoms with Gasteiger partial charge in [0.1, 0.15) is 10.8 Å². The van der Waals surface area contributed by atoms with Crippen LogP contribution in [-0.2, 0) is 11.2 Å². The monoisotopic (exact) mass is 434 g/mol. The topological polar surface area (TPSA) is 121 Å². The summed E-state index contributed by atoms with van der Waals surface area (Å²) in [5.74, 6) is 0.00604. The van der Waals surface area contributed by atoms with Crippen LogP contribution in [0.25, 0.3) is 10.9 Å². The molecule has 10 heteroatoms. The van der Waals surface area contributed by atoms with Crippen LogP contribution in [0.4, 0.5) is 5.13 Å². The van der Waals surface area contributed by atoms with Crippen LogP contribution in [-0.4, -0.2) is 40.3 Å². The highest BCUT2D eigenvalue weighted by Gasteiger charge is 2.12. The molecule has 0 fully saturated rings. The number of para-hydroxylation sites is 1. The Morgan fingerprint density at radius 1 is 1.16 bits per heavy atom. The van der Waals surface area contributed by atoms with Gasteiger partial charge in [0.2, 0.25) is 11.0 Å². The van der Waals surface area contributed by atoms with Crippen molar-refractivity contribution in [1.29, 1.82) is 0 Å². The molecule has 0 bridgehead atoms. The number of hydrogen-bond donors (Lipinski definition) is 3. The van der Waals surface area contributed by atoms with Gasteiger partial charge in [0, 0.05) is 28.2 Å². The number of hydrogen-bond acceptors (Lipinski definition) is 7. The summed E-state index contributed by atoms with van der Waals surface area (Å²) in [6, 6.07) is 14.5. The molecule has 31 heavy (non-hydrogen) atoms. The lowest BCUT2D eigenvalue weighted by atomic mass is 10.2. The second kappa shape index (κ2) is 9.18. The maximum Gasteiger partial charge on any atom is 0.257 e. The predicted molar refractivity (Wildman–Crippen MR) is 119 cm³/mol. The van der Waals surface area contributed by atoms with Gasteiger partial charge in [-0.1, -0.05) is 29.5 Å². The molecule has 2 aromatic heterocycles. The van der Waals surface area contributed by atoms with Crippen molar-refractivity contribution in [1.82, 2.24) is 20.6 Å². The van der Waals surface area contributed by atoms with Crippen molar-refractivity contribution in [3.05, 3.63) is 70.9 Å². The Morgan fingerprint density at radius 3 is 2.77 bits per heavy atom. The number of rotatable bonds is 7. The third kappa shape index (κ3) is 4.93. The van der Waals surface area contributed by atoms with Gasteiger partial charge in [0.05, 0.1) is 19.7 Å². The number of hydrazone groups is 1. The molecule has 4 aromatic rings. The van der Waals surface area contributed by atoms with Gasteiger partial charge in [-0.15, -0.1) is 10.2 Å². The lowest BCUT2D eigenvalue weighted by Crippen LogP contribution is -2.19. The number of fused-ring (bicyclic) bond motifs is 1. The molecule has 0 radical (unpaired) electrons. The summed E-state index contributed by atoms with van der Waals surface area (Å²) in [7, 11) is 1.56. The number of H-pyrrole nitrogens is 1. The van der Waals surface area contributed by atoms with Gasteiger partial charge in [-0.05, 0) is 30.3 Å². The number of aromatic amines is 1. The number of benzene rings is 2. The van der Waals surface area contributed by atoms with Gasteiger partial charge in [-0.2, -0.15) is 5.10 Å². The normalized spacial score (nSPS) is 11.0. The van der Waals surface area contributed by atoms with Crippen LogP contribution in [0, 0.1) is 0 Å². The zero-order chi connectivity index (χ0) is 21.6. The van der Waals surface area contributed by atoms with Crippen LogP contribution in [0.1, 0.15) is 20.9 Å². The van der Waals surface area contributed by atoms with E-state index in [0.717, 1.165) is 27.8 Å². The number of anilines is 1. The van der Waals surface area contributed by atoms with Gasteiger partial charge in [0.25, 0.3) is 5.91 Å². The number of ether oxygens (including phenoxy) is 1. The van der Waals surface area contributed by atoms with E-state index in [1.54, 1.807) is 37.6 Å². The van der Waals surface area contributed by atoms with E-state index >= 15 is 0 Å². The molecular formula is C21H18N6O3S. The van der Waals surface area contributed by atoms with E-state index < -0.39 is 0 Å². The Hall–Kier alpha value is -4.05. The van der Waals surface area contributed by atoms with Crippen LogP contribution < -0.4 is 15.5 Å². The van der Waals surface area contributed by atoms with Crippen molar-refractivity contribution < 1.29 is 14.3 Å². The highest BCUT2D eigenvalue weighted by molar-refractivity contribution is 7.15. The minimum Gasteiger partial charge on any atom is -0.497 e. The van der Waals surface area contributed by atoms with Crippen molar-refractivity contribution >= 4 is 45.4 Å². The number of nitrogens with zero attached hydrogens (tertiary/aromatic N) is 3. The Bertz CT molecular complexity index is 1250. The van der Waals surface area contributed by atoms with Gasteiger partial charge in [-0.3, -0.25) is 14.9 Å². The first-order valence-corrected chi connectivity index (χ1v) is 10.1. The highest BCUT2D eigenvalue weighted by atomic mass is 32.1. The average Bonchev–Trinajstić information content (AvgIpc) is 3.40. The van der Waals surface area contributed by atoms with E-state index in [9.17, 15) is 9.59 Å². The van der Waals surface area contributed by atoms with E-state index in [0.29, 0.717) is 21.5 Å². The first kappa shape index (κ1) is 20.2. The summed E-state index contributed by atoms with van der Waals surface area (Å²) in [5, 5.41) is 16.3. The van der Waals surface area contributed by atoms with Crippen molar-refractivity contribution in [2.45, 2.75) is 6.42 Å². The predicted octanol–water partition coefficient (Wildman–Crippen LogP) is 2.97. The molecule has 0 aliphatic heterocycles. The van der Waals surface area contributed by atoms with Crippen molar-refractivity contribution in [3.63, 3.8) is 0 Å². The number of carbonyl (C=O) groups excluding carboxylic acids is 2. The number of amides is 2. The molecule has 3 N–H and O–H groups in total. The van der Waals surface area contributed by atoms with Crippen molar-refractivity contribution in [3.8, 4) is 5.75 Å². The molecule has 2 aromatic carbocycles. The SMILES string of the molecule is COc1ccc(C(=O)Nc2nnc(CC(=O)NN=Cc3c[nH]c4ccccc34)s2)cc1.